The summed E-state index contributed by atoms with van der Waals surface area (Å²) in [4.78, 5) is 14.4. The van der Waals surface area contributed by atoms with Crippen LogP contribution in [0.4, 0.5) is 5.69 Å². The number of carbonyl (C=O) groups is 1. The van der Waals surface area contributed by atoms with Crippen molar-refractivity contribution < 1.29 is 22.7 Å². The van der Waals surface area contributed by atoms with Crippen molar-refractivity contribution in [3.8, 4) is 11.5 Å². The van der Waals surface area contributed by atoms with Gasteiger partial charge in [0.2, 0.25) is 10.0 Å². The molecule has 1 amide bonds. The molecule has 0 radical (unpaired) electrons. The fourth-order valence-electron chi connectivity index (χ4n) is 3.48. The van der Waals surface area contributed by atoms with Gasteiger partial charge < -0.3 is 19.7 Å². The molecule has 1 heterocycles. The minimum Gasteiger partial charge on any atom is -0.497 e. The topological polar surface area (TPSA) is 88.2 Å². The third-order valence-corrected chi connectivity index (χ3v) is 7.16. The van der Waals surface area contributed by atoms with E-state index in [9.17, 15) is 13.2 Å². The Morgan fingerprint density at radius 3 is 2.00 bits per heavy atom. The SMILES string of the molecule is COc1ccc(N2CCN(S(=O)(=O)c3ccc(O[C@H](C)C(=O)NC(C)C)cc3)CC2)cc1. The van der Waals surface area contributed by atoms with Crippen molar-refractivity contribution in [2.24, 2.45) is 0 Å². The summed E-state index contributed by atoms with van der Waals surface area (Å²) in [6.07, 6.45) is -0.675. The minimum atomic E-state index is -3.60. The number of piperazine rings is 1. The molecule has 1 aliphatic rings. The van der Waals surface area contributed by atoms with Crippen molar-refractivity contribution >= 4 is 21.6 Å². The Labute approximate surface area is 190 Å². The number of nitrogens with one attached hydrogen (secondary N) is 1. The number of ether oxygens (including phenoxy) is 2. The molecule has 1 saturated heterocycles. The quantitative estimate of drug-likeness (QED) is 0.650. The second kappa shape index (κ2) is 10.2. The van der Waals surface area contributed by atoms with Crippen molar-refractivity contribution in [2.45, 2.75) is 37.8 Å². The Morgan fingerprint density at radius 1 is 0.906 bits per heavy atom. The average molecular weight is 462 g/mol. The Bertz CT molecular complexity index is 999. The summed E-state index contributed by atoms with van der Waals surface area (Å²) >= 11 is 0. The zero-order chi connectivity index (χ0) is 23.3. The first-order valence-corrected chi connectivity index (χ1v) is 12.1. The van der Waals surface area contributed by atoms with E-state index in [0.717, 1.165) is 11.4 Å². The van der Waals surface area contributed by atoms with Gasteiger partial charge in [0.1, 0.15) is 11.5 Å². The highest BCUT2D eigenvalue weighted by molar-refractivity contribution is 7.89. The summed E-state index contributed by atoms with van der Waals surface area (Å²) in [5.41, 5.74) is 1.04. The lowest BCUT2D eigenvalue weighted by Gasteiger charge is -2.35. The summed E-state index contributed by atoms with van der Waals surface area (Å²) in [6, 6.07) is 14.0. The molecule has 2 aromatic rings. The maximum absolute atomic E-state index is 13.1. The Hall–Kier alpha value is -2.78. The highest BCUT2D eigenvalue weighted by Gasteiger charge is 2.28. The number of hydrogen-bond donors (Lipinski definition) is 1. The number of hydrogen-bond acceptors (Lipinski definition) is 6. The van der Waals surface area contributed by atoms with E-state index in [4.69, 9.17) is 9.47 Å². The molecule has 32 heavy (non-hydrogen) atoms. The van der Waals surface area contributed by atoms with Gasteiger partial charge in [-0.05, 0) is 69.3 Å². The zero-order valence-corrected chi connectivity index (χ0v) is 19.8. The van der Waals surface area contributed by atoms with Crippen LogP contribution in [0, 0.1) is 0 Å². The first-order chi connectivity index (χ1) is 15.2. The number of nitrogens with zero attached hydrogens (tertiary/aromatic N) is 2. The van der Waals surface area contributed by atoms with Crippen LogP contribution in [0.2, 0.25) is 0 Å². The Balaban J connectivity index is 1.60. The van der Waals surface area contributed by atoms with E-state index in [2.05, 4.69) is 10.2 Å². The molecule has 1 aliphatic heterocycles. The molecule has 0 unspecified atom stereocenters. The molecule has 0 aromatic heterocycles. The van der Waals surface area contributed by atoms with Crippen molar-refractivity contribution in [1.82, 2.24) is 9.62 Å². The molecule has 0 bridgehead atoms. The third kappa shape index (κ3) is 5.72. The lowest BCUT2D eigenvalue weighted by molar-refractivity contribution is -0.127. The average Bonchev–Trinajstić information content (AvgIpc) is 2.79. The number of methoxy groups -OCH3 is 1. The number of sulfonamides is 1. The highest BCUT2D eigenvalue weighted by Crippen LogP contribution is 2.24. The van der Waals surface area contributed by atoms with Crippen LogP contribution < -0.4 is 19.7 Å². The van der Waals surface area contributed by atoms with Gasteiger partial charge in [0, 0.05) is 37.9 Å². The number of amides is 1. The lowest BCUT2D eigenvalue weighted by atomic mass is 10.2. The molecule has 1 atom stereocenters. The Morgan fingerprint density at radius 2 is 1.47 bits per heavy atom. The van der Waals surface area contributed by atoms with Crippen LogP contribution in [0.5, 0.6) is 11.5 Å². The van der Waals surface area contributed by atoms with Gasteiger partial charge in [-0.1, -0.05) is 0 Å². The van der Waals surface area contributed by atoms with Crippen molar-refractivity contribution in [1.29, 1.82) is 0 Å². The molecule has 9 heteroatoms. The second-order valence-corrected chi connectivity index (χ2v) is 9.92. The molecule has 0 saturated carbocycles. The third-order valence-electron chi connectivity index (χ3n) is 5.25. The number of carbonyl (C=O) groups excluding carboxylic acids is 1. The summed E-state index contributed by atoms with van der Waals surface area (Å²) in [7, 11) is -1.98. The second-order valence-electron chi connectivity index (χ2n) is 7.98. The van der Waals surface area contributed by atoms with Crippen LogP contribution in [-0.4, -0.2) is 64.1 Å². The van der Waals surface area contributed by atoms with Gasteiger partial charge in [-0.3, -0.25) is 4.79 Å². The maximum Gasteiger partial charge on any atom is 0.260 e. The van der Waals surface area contributed by atoms with E-state index in [-0.39, 0.29) is 16.8 Å². The molecule has 174 valence electrons. The fourth-order valence-corrected chi connectivity index (χ4v) is 4.90. The molecule has 8 nitrogen and oxygen atoms in total. The fraction of sp³-hybridized carbons (Fsp3) is 0.435. The van der Waals surface area contributed by atoms with Gasteiger partial charge >= 0.3 is 0 Å². The Kier molecular flexibility index (Phi) is 7.63. The van der Waals surface area contributed by atoms with Crippen LogP contribution in [0.1, 0.15) is 20.8 Å². The van der Waals surface area contributed by atoms with Gasteiger partial charge in [-0.25, -0.2) is 8.42 Å². The van der Waals surface area contributed by atoms with E-state index < -0.39 is 16.1 Å². The molecular formula is C23H31N3O5S. The van der Waals surface area contributed by atoms with Gasteiger partial charge in [0.25, 0.3) is 5.91 Å². The summed E-state index contributed by atoms with van der Waals surface area (Å²) in [6.45, 7) is 7.43. The van der Waals surface area contributed by atoms with E-state index in [1.165, 1.54) is 16.4 Å². The van der Waals surface area contributed by atoms with Crippen LogP contribution >= 0.6 is 0 Å². The normalized spacial score (nSPS) is 16.0. The standard InChI is InChI=1S/C23H31N3O5S/c1-17(2)24-23(27)18(3)31-21-9-11-22(12-10-21)32(28,29)26-15-13-25(14-16-26)19-5-7-20(30-4)8-6-19/h5-12,17-18H,13-16H2,1-4H3,(H,24,27)/t18-/m1/s1. The monoisotopic (exact) mass is 461 g/mol. The summed E-state index contributed by atoms with van der Waals surface area (Å²) in [5.74, 6) is 1.02. The molecular weight excluding hydrogens is 430 g/mol. The van der Waals surface area contributed by atoms with Gasteiger partial charge in [-0.15, -0.1) is 0 Å². The maximum atomic E-state index is 13.1. The van der Waals surface area contributed by atoms with Crippen LogP contribution in [0.25, 0.3) is 0 Å². The predicted molar refractivity (Wildman–Crippen MR) is 124 cm³/mol. The van der Waals surface area contributed by atoms with Crippen LogP contribution in [0.15, 0.2) is 53.4 Å². The highest BCUT2D eigenvalue weighted by atomic mass is 32.2. The smallest absolute Gasteiger partial charge is 0.260 e. The van der Waals surface area contributed by atoms with Crippen LogP contribution in [-0.2, 0) is 14.8 Å². The minimum absolute atomic E-state index is 0.0197. The number of rotatable bonds is 8. The summed E-state index contributed by atoms with van der Waals surface area (Å²) in [5, 5.41) is 2.79. The first kappa shape index (κ1) is 23.9. The van der Waals surface area contributed by atoms with Gasteiger partial charge in [0.05, 0.1) is 12.0 Å². The largest absolute Gasteiger partial charge is 0.497 e. The lowest BCUT2D eigenvalue weighted by Crippen LogP contribution is -2.48. The first-order valence-electron chi connectivity index (χ1n) is 10.7. The van der Waals surface area contributed by atoms with E-state index in [1.54, 1.807) is 26.2 Å². The molecule has 0 spiro atoms. The molecule has 2 aromatic carbocycles. The van der Waals surface area contributed by atoms with Crippen molar-refractivity contribution in [2.75, 3.05) is 38.2 Å². The number of benzene rings is 2. The molecule has 3 rings (SSSR count). The van der Waals surface area contributed by atoms with Crippen molar-refractivity contribution in [3.05, 3.63) is 48.5 Å². The van der Waals surface area contributed by atoms with E-state index in [1.807, 2.05) is 38.1 Å². The van der Waals surface area contributed by atoms with E-state index in [0.29, 0.717) is 31.9 Å². The zero-order valence-electron chi connectivity index (χ0n) is 18.9. The van der Waals surface area contributed by atoms with E-state index >= 15 is 0 Å². The van der Waals surface area contributed by atoms with Crippen LogP contribution in [0.3, 0.4) is 0 Å². The van der Waals surface area contributed by atoms with Gasteiger partial charge in [0.15, 0.2) is 6.10 Å². The molecule has 0 aliphatic carbocycles. The van der Waals surface area contributed by atoms with Gasteiger partial charge in [-0.2, -0.15) is 4.31 Å². The summed E-state index contributed by atoms with van der Waals surface area (Å²) < 4.78 is 38.4. The van der Waals surface area contributed by atoms with Crippen molar-refractivity contribution in [3.63, 3.8) is 0 Å². The number of anilines is 1. The predicted octanol–water partition coefficient (Wildman–Crippen LogP) is 2.50. The molecule has 1 fully saturated rings. The molecule has 1 N–H and O–H groups in total.